The number of nitrogens with two attached hydrogens (primary N) is 1. The fourth-order valence-corrected chi connectivity index (χ4v) is 1.19. The van der Waals surface area contributed by atoms with Crippen LogP contribution in [-0.2, 0) is 9.53 Å². The van der Waals surface area contributed by atoms with Crippen LogP contribution in [0, 0.1) is 5.82 Å². The van der Waals surface area contributed by atoms with Gasteiger partial charge in [0.15, 0.2) is 0 Å². The molecule has 1 aromatic rings. The van der Waals surface area contributed by atoms with Gasteiger partial charge >= 0.3 is 5.97 Å². The van der Waals surface area contributed by atoms with Crippen molar-refractivity contribution < 1.29 is 13.9 Å². The molecule has 0 fully saturated rings. The highest BCUT2D eigenvalue weighted by Gasteiger charge is 2.19. The predicted molar refractivity (Wildman–Crippen MR) is 57.6 cm³/mol. The Bertz CT molecular complexity index is 360. The van der Waals surface area contributed by atoms with Crippen molar-refractivity contribution in [2.45, 2.75) is 6.04 Å². The number of ether oxygens (including phenoxy) is 1. The number of carbonyl (C=O) groups excluding carboxylic acids is 1. The Labute approximate surface area is 97.8 Å². The fraction of sp³-hybridized carbons (Fsp3) is 0.222. The molecule has 0 aliphatic heterocycles. The Kier molecular flexibility index (Phi) is 5.57. The summed E-state index contributed by atoms with van der Waals surface area (Å²) < 4.78 is 17.6. The van der Waals surface area contributed by atoms with Crippen molar-refractivity contribution in [2.24, 2.45) is 5.73 Å². The van der Waals surface area contributed by atoms with Crippen LogP contribution in [0.1, 0.15) is 11.6 Å². The number of rotatable bonds is 2. The molecule has 0 aromatic heterocycles. The minimum absolute atomic E-state index is 0. The molecule has 0 unspecified atom stereocenters. The number of carbonyl (C=O) groups is 1. The molecule has 3 nitrogen and oxygen atoms in total. The molecule has 0 heterocycles. The van der Waals surface area contributed by atoms with Crippen LogP contribution in [0.3, 0.4) is 0 Å². The van der Waals surface area contributed by atoms with E-state index in [-0.39, 0.29) is 18.0 Å². The first kappa shape index (κ1) is 14.2. The summed E-state index contributed by atoms with van der Waals surface area (Å²) in [6.07, 6.45) is 0. The van der Waals surface area contributed by atoms with Gasteiger partial charge in [0, 0.05) is 10.6 Å². The highest BCUT2D eigenvalue weighted by Crippen LogP contribution is 2.20. The maximum atomic E-state index is 13.2. The van der Waals surface area contributed by atoms with Gasteiger partial charge in [0.05, 0.1) is 7.11 Å². The minimum Gasteiger partial charge on any atom is -0.468 e. The first-order valence-electron chi connectivity index (χ1n) is 3.84. The second kappa shape index (κ2) is 5.90. The van der Waals surface area contributed by atoms with Gasteiger partial charge in [0.1, 0.15) is 11.9 Å². The molecule has 6 heteroatoms. The predicted octanol–water partition coefficient (Wildman–Crippen LogP) is 2.07. The van der Waals surface area contributed by atoms with E-state index >= 15 is 0 Å². The Morgan fingerprint density at radius 1 is 1.60 bits per heavy atom. The Hall–Kier alpha value is -0.840. The van der Waals surface area contributed by atoms with E-state index in [1.54, 1.807) is 0 Å². The fourth-order valence-electron chi connectivity index (χ4n) is 1.01. The highest BCUT2D eigenvalue weighted by atomic mass is 35.5. The second-order valence-corrected chi connectivity index (χ2v) is 3.10. The molecule has 0 bridgehead atoms. The van der Waals surface area contributed by atoms with Crippen LogP contribution in [0.25, 0.3) is 0 Å². The van der Waals surface area contributed by atoms with E-state index in [4.69, 9.17) is 17.3 Å². The lowest BCUT2D eigenvalue weighted by molar-refractivity contribution is -0.142. The molecule has 0 aliphatic rings. The molecule has 1 atom stereocenters. The summed E-state index contributed by atoms with van der Waals surface area (Å²) in [6, 6.07) is 2.70. The van der Waals surface area contributed by atoms with Crippen LogP contribution in [0.5, 0.6) is 0 Å². The third-order valence-electron chi connectivity index (χ3n) is 1.75. The maximum Gasteiger partial charge on any atom is 0.327 e. The minimum atomic E-state index is -1.14. The largest absolute Gasteiger partial charge is 0.468 e. The Morgan fingerprint density at radius 3 is 2.73 bits per heavy atom. The number of benzene rings is 1. The number of esters is 1. The molecule has 0 amide bonds. The first-order valence-corrected chi connectivity index (χ1v) is 4.22. The summed E-state index contributed by atoms with van der Waals surface area (Å²) in [5.74, 6) is -1.28. The molecule has 0 saturated heterocycles. The van der Waals surface area contributed by atoms with Gasteiger partial charge in [-0.05, 0) is 18.2 Å². The van der Waals surface area contributed by atoms with Gasteiger partial charge in [-0.3, -0.25) is 4.79 Å². The monoisotopic (exact) mass is 253 g/mol. The van der Waals surface area contributed by atoms with Gasteiger partial charge in [-0.25, -0.2) is 4.39 Å². The van der Waals surface area contributed by atoms with Gasteiger partial charge in [-0.2, -0.15) is 0 Å². The van der Waals surface area contributed by atoms with E-state index in [0.717, 1.165) is 6.07 Å². The number of hydrogen-bond acceptors (Lipinski definition) is 3. The molecule has 15 heavy (non-hydrogen) atoms. The Morgan fingerprint density at radius 2 is 2.20 bits per heavy atom. The zero-order chi connectivity index (χ0) is 10.7. The number of methoxy groups -OCH3 is 1. The molecule has 2 N–H and O–H groups in total. The van der Waals surface area contributed by atoms with E-state index in [0.29, 0.717) is 5.02 Å². The van der Waals surface area contributed by atoms with Crippen molar-refractivity contribution in [1.82, 2.24) is 0 Å². The molecule has 0 radical (unpaired) electrons. The maximum absolute atomic E-state index is 13.2. The standard InChI is InChI=1S/C9H9ClFNO2.ClH/c1-14-9(13)8(12)6-4-5(10)2-3-7(6)11;/h2-4,8H,12H2,1H3;1H/t8-;/m1./s1. The summed E-state index contributed by atoms with van der Waals surface area (Å²) in [5, 5.41) is 0.320. The lowest BCUT2D eigenvalue weighted by Crippen LogP contribution is -2.23. The van der Waals surface area contributed by atoms with Gasteiger partial charge < -0.3 is 10.5 Å². The molecular formula is C9H10Cl2FNO2. The zero-order valence-corrected chi connectivity index (χ0v) is 9.44. The topological polar surface area (TPSA) is 52.3 Å². The quantitative estimate of drug-likeness (QED) is 0.822. The van der Waals surface area contributed by atoms with Gasteiger partial charge in [-0.15, -0.1) is 12.4 Å². The van der Waals surface area contributed by atoms with Crippen molar-refractivity contribution >= 4 is 30.0 Å². The zero-order valence-electron chi connectivity index (χ0n) is 7.87. The molecule has 1 rings (SSSR count). The third kappa shape index (κ3) is 3.34. The summed E-state index contributed by atoms with van der Waals surface area (Å²) in [5.41, 5.74) is 5.48. The molecular weight excluding hydrogens is 244 g/mol. The molecule has 0 saturated carbocycles. The summed E-state index contributed by atoms with van der Waals surface area (Å²) in [4.78, 5) is 11.0. The van der Waals surface area contributed by atoms with E-state index in [2.05, 4.69) is 4.74 Å². The van der Waals surface area contributed by atoms with E-state index < -0.39 is 17.8 Å². The number of halogens is 3. The van der Waals surface area contributed by atoms with Crippen LogP contribution in [0.2, 0.25) is 5.02 Å². The third-order valence-corrected chi connectivity index (χ3v) is 1.98. The van der Waals surface area contributed by atoms with Crippen molar-refractivity contribution in [2.75, 3.05) is 7.11 Å². The van der Waals surface area contributed by atoms with Crippen molar-refractivity contribution in [3.63, 3.8) is 0 Å². The number of hydrogen-bond donors (Lipinski definition) is 1. The van der Waals surface area contributed by atoms with Crippen LogP contribution in [0.15, 0.2) is 18.2 Å². The molecule has 0 spiro atoms. The summed E-state index contributed by atoms with van der Waals surface area (Å²) in [7, 11) is 1.19. The van der Waals surface area contributed by atoms with Gasteiger partial charge in [0.25, 0.3) is 0 Å². The van der Waals surface area contributed by atoms with Crippen LogP contribution in [0.4, 0.5) is 4.39 Å². The Balaban J connectivity index is 0.00000196. The van der Waals surface area contributed by atoms with Gasteiger partial charge in [0.2, 0.25) is 0 Å². The van der Waals surface area contributed by atoms with Crippen molar-refractivity contribution in [3.8, 4) is 0 Å². The highest BCUT2D eigenvalue weighted by molar-refractivity contribution is 6.30. The van der Waals surface area contributed by atoms with Crippen LogP contribution < -0.4 is 5.73 Å². The molecule has 84 valence electrons. The van der Waals surface area contributed by atoms with Crippen LogP contribution >= 0.6 is 24.0 Å². The molecule has 1 aromatic carbocycles. The lowest BCUT2D eigenvalue weighted by Gasteiger charge is -2.10. The molecule has 0 aliphatic carbocycles. The van der Waals surface area contributed by atoms with Gasteiger partial charge in [-0.1, -0.05) is 11.6 Å². The summed E-state index contributed by atoms with van der Waals surface area (Å²) in [6.45, 7) is 0. The smallest absolute Gasteiger partial charge is 0.327 e. The first-order chi connectivity index (χ1) is 6.56. The SMILES string of the molecule is COC(=O)[C@H](N)c1cc(Cl)ccc1F.Cl. The second-order valence-electron chi connectivity index (χ2n) is 2.67. The average molecular weight is 254 g/mol. The van der Waals surface area contributed by atoms with Crippen molar-refractivity contribution in [3.05, 3.63) is 34.6 Å². The summed E-state index contributed by atoms with van der Waals surface area (Å²) >= 11 is 5.63. The van der Waals surface area contributed by atoms with Crippen molar-refractivity contribution in [1.29, 1.82) is 0 Å². The van der Waals surface area contributed by atoms with Crippen LogP contribution in [-0.4, -0.2) is 13.1 Å². The average Bonchev–Trinajstić information content (AvgIpc) is 2.19. The van der Waals surface area contributed by atoms with E-state index in [9.17, 15) is 9.18 Å². The van der Waals surface area contributed by atoms with E-state index in [1.807, 2.05) is 0 Å². The normalized spacial score (nSPS) is 11.5. The lowest BCUT2D eigenvalue weighted by atomic mass is 10.1. The van der Waals surface area contributed by atoms with E-state index in [1.165, 1.54) is 19.2 Å².